The molecule has 0 aromatic carbocycles. The summed E-state index contributed by atoms with van der Waals surface area (Å²) in [4.78, 5) is 2.64. The summed E-state index contributed by atoms with van der Waals surface area (Å²) in [5, 5.41) is 0. The third kappa shape index (κ3) is 7.42. The van der Waals surface area contributed by atoms with E-state index in [1.165, 1.54) is 32.1 Å². The third-order valence-corrected chi connectivity index (χ3v) is 10.5. The SMILES string of the molecule is CCO[Si](CN(C1CCCCC1)C(C)(C)C)(OCC)OC(C)[SiH](C)C. The van der Waals surface area contributed by atoms with Gasteiger partial charge in [0.15, 0.2) is 0 Å². The van der Waals surface area contributed by atoms with Gasteiger partial charge in [0.25, 0.3) is 0 Å². The van der Waals surface area contributed by atoms with E-state index >= 15 is 0 Å². The fraction of sp³-hybridized carbons (Fsp3) is 1.00. The Hall–Kier alpha value is 0.274. The lowest BCUT2D eigenvalue weighted by molar-refractivity contribution is 0.0108. The van der Waals surface area contributed by atoms with Crippen LogP contribution in [0.2, 0.25) is 13.1 Å². The van der Waals surface area contributed by atoms with Crippen molar-refractivity contribution >= 4 is 17.6 Å². The molecule has 0 amide bonds. The minimum absolute atomic E-state index is 0.0936. The fourth-order valence-corrected chi connectivity index (χ4v) is 8.40. The minimum atomic E-state index is -2.72. The van der Waals surface area contributed by atoms with Crippen LogP contribution in [0.1, 0.15) is 73.6 Å². The van der Waals surface area contributed by atoms with Crippen molar-refractivity contribution in [3.63, 3.8) is 0 Å². The van der Waals surface area contributed by atoms with Gasteiger partial charge < -0.3 is 13.3 Å². The molecule has 1 saturated carbocycles. The van der Waals surface area contributed by atoms with E-state index in [1.54, 1.807) is 0 Å². The van der Waals surface area contributed by atoms with E-state index in [1.807, 2.05) is 0 Å². The van der Waals surface area contributed by atoms with Crippen molar-refractivity contribution in [1.29, 1.82) is 0 Å². The molecule has 1 rings (SSSR count). The summed E-state index contributed by atoms with van der Waals surface area (Å²) in [5.41, 5.74) is 0.369. The molecule has 1 unspecified atom stereocenters. The molecule has 0 radical (unpaired) electrons. The lowest BCUT2D eigenvalue weighted by Crippen LogP contribution is -2.63. The van der Waals surface area contributed by atoms with Crippen molar-refractivity contribution in [3.8, 4) is 0 Å². The Kier molecular flexibility index (Phi) is 9.85. The molecule has 0 aliphatic heterocycles. The van der Waals surface area contributed by atoms with Gasteiger partial charge in [0.1, 0.15) is 0 Å². The van der Waals surface area contributed by atoms with Crippen LogP contribution >= 0.6 is 0 Å². The zero-order chi connectivity index (χ0) is 19.1. The molecule has 1 aliphatic carbocycles. The number of nitrogens with zero attached hydrogens (tertiary/aromatic N) is 1. The molecule has 4 nitrogen and oxygen atoms in total. The molecule has 6 heteroatoms. The summed E-state index contributed by atoms with van der Waals surface area (Å²) in [7, 11) is -3.62. The average Bonchev–Trinajstić information content (AvgIpc) is 2.53. The molecule has 0 bridgehead atoms. The highest BCUT2D eigenvalue weighted by Crippen LogP contribution is 2.30. The van der Waals surface area contributed by atoms with Crippen LogP contribution in [0.4, 0.5) is 0 Å². The second-order valence-electron chi connectivity index (χ2n) is 8.71. The Morgan fingerprint density at radius 1 is 1.04 bits per heavy atom. The van der Waals surface area contributed by atoms with Gasteiger partial charge in [0.05, 0.1) is 15.0 Å². The summed E-state index contributed by atoms with van der Waals surface area (Å²) in [6.07, 6.45) is 7.44. The summed E-state index contributed by atoms with van der Waals surface area (Å²) in [6.45, 7) is 19.3. The quantitative estimate of drug-likeness (QED) is 0.518. The Balaban J connectivity index is 3.06. The van der Waals surface area contributed by atoms with Gasteiger partial charge in [-0.3, -0.25) is 4.90 Å². The summed E-state index contributed by atoms with van der Waals surface area (Å²) >= 11 is 0. The van der Waals surface area contributed by atoms with Crippen molar-refractivity contribution in [2.75, 3.05) is 19.4 Å². The van der Waals surface area contributed by atoms with E-state index in [9.17, 15) is 0 Å². The number of hydrogen-bond acceptors (Lipinski definition) is 4. The van der Waals surface area contributed by atoms with Crippen molar-refractivity contribution in [2.24, 2.45) is 0 Å². The third-order valence-electron chi connectivity index (χ3n) is 5.27. The highest BCUT2D eigenvalue weighted by Gasteiger charge is 2.48. The maximum absolute atomic E-state index is 6.61. The highest BCUT2D eigenvalue weighted by atomic mass is 28.4. The van der Waals surface area contributed by atoms with Gasteiger partial charge in [-0.1, -0.05) is 32.4 Å². The van der Waals surface area contributed by atoms with Gasteiger partial charge in [0.2, 0.25) is 0 Å². The molecule has 0 saturated heterocycles. The minimum Gasteiger partial charge on any atom is -0.374 e. The largest absolute Gasteiger partial charge is 0.515 e. The van der Waals surface area contributed by atoms with Crippen LogP contribution in [0.15, 0.2) is 0 Å². The normalized spacial score (nSPS) is 19.0. The van der Waals surface area contributed by atoms with Crippen molar-refractivity contribution in [3.05, 3.63) is 0 Å². The van der Waals surface area contributed by atoms with Crippen LogP contribution in [0.25, 0.3) is 0 Å². The smallest absolute Gasteiger partial charge is 0.374 e. The molecule has 1 aliphatic rings. The molecule has 0 heterocycles. The van der Waals surface area contributed by atoms with E-state index < -0.39 is 17.6 Å². The number of rotatable bonds is 10. The Morgan fingerprint density at radius 3 is 1.96 bits per heavy atom. The lowest BCUT2D eigenvalue weighted by atomic mass is 9.91. The van der Waals surface area contributed by atoms with Crippen LogP contribution in [0.5, 0.6) is 0 Å². The lowest BCUT2D eigenvalue weighted by Gasteiger charge is -2.46. The molecule has 1 atom stereocenters. The topological polar surface area (TPSA) is 30.9 Å². The van der Waals surface area contributed by atoms with Gasteiger partial charge in [-0.25, -0.2) is 0 Å². The Bertz CT molecular complexity index is 362. The number of hydrogen-bond donors (Lipinski definition) is 0. The maximum Gasteiger partial charge on any atom is 0.515 e. The van der Waals surface area contributed by atoms with E-state index in [0.717, 1.165) is 6.17 Å². The van der Waals surface area contributed by atoms with Gasteiger partial charge in [-0.15, -0.1) is 0 Å². The van der Waals surface area contributed by atoms with Crippen LogP contribution < -0.4 is 0 Å². The molecule has 25 heavy (non-hydrogen) atoms. The Morgan fingerprint density at radius 2 is 1.56 bits per heavy atom. The molecule has 0 aromatic heterocycles. The second-order valence-corrected chi connectivity index (χ2v) is 14.6. The van der Waals surface area contributed by atoms with Crippen LogP contribution in [-0.2, 0) is 13.3 Å². The van der Waals surface area contributed by atoms with Crippen molar-refractivity contribution < 1.29 is 13.3 Å². The molecule has 0 aromatic rings. The first-order valence-corrected chi connectivity index (χ1v) is 15.3. The summed E-state index contributed by atoms with van der Waals surface area (Å²) in [6, 6.07) is 0.622. The second kappa shape index (κ2) is 10.6. The van der Waals surface area contributed by atoms with E-state index in [2.05, 4.69) is 59.5 Å². The zero-order valence-corrected chi connectivity index (χ0v) is 20.2. The van der Waals surface area contributed by atoms with E-state index in [4.69, 9.17) is 13.3 Å². The first-order chi connectivity index (χ1) is 11.6. The first-order valence-electron chi connectivity index (χ1n) is 10.4. The summed E-state index contributed by atoms with van der Waals surface area (Å²) in [5.74, 6) is 0. The average molecular weight is 390 g/mol. The predicted molar refractivity (Wildman–Crippen MR) is 112 cm³/mol. The maximum atomic E-state index is 6.61. The zero-order valence-electron chi connectivity index (χ0n) is 18.1. The standard InChI is InChI=1S/C19H43NO3Si2/c1-9-21-25(22-10-2,23-17(3)24(7)8)16-20(19(4,5)6)18-14-12-11-13-15-18/h17-18,24H,9-16H2,1-8H3. The molecule has 0 N–H and O–H groups in total. The van der Waals surface area contributed by atoms with E-state index in [0.29, 0.717) is 19.3 Å². The van der Waals surface area contributed by atoms with Gasteiger partial charge in [-0.2, -0.15) is 0 Å². The van der Waals surface area contributed by atoms with Gasteiger partial charge in [-0.05, 0) is 54.4 Å². The van der Waals surface area contributed by atoms with Crippen molar-refractivity contribution in [2.45, 2.75) is 104 Å². The molecular formula is C19H43NO3Si2. The van der Waals surface area contributed by atoms with Crippen LogP contribution in [-0.4, -0.2) is 59.2 Å². The molecule has 1 fully saturated rings. The Labute approximate surface area is 159 Å². The van der Waals surface area contributed by atoms with Crippen molar-refractivity contribution in [1.82, 2.24) is 4.90 Å². The van der Waals surface area contributed by atoms with Gasteiger partial charge >= 0.3 is 8.80 Å². The first kappa shape index (κ1) is 23.3. The van der Waals surface area contributed by atoms with Crippen LogP contribution in [0.3, 0.4) is 0 Å². The molecule has 150 valence electrons. The van der Waals surface area contributed by atoms with E-state index in [-0.39, 0.29) is 11.3 Å². The predicted octanol–water partition coefficient (Wildman–Crippen LogP) is 4.40. The van der Waals surface area contributed by atoms with Gasteiger partial charge in [0, 0.05) is 30.5 Å². The molecular weight excluding hydrogens is 346 g/mol. The molecule has 0 spiro atoms. The van der Waals surface area contributed by atoms with Crippen LogP contribution in [0, 0.1) is 0 Å². The fourth-order valence-electron chi connectivity index (χ4n) is 3.61. The monoisotopic (exact) mass is 389 g/mol. The summed E-state index contributed by atoms with van der Waals surface area (Å²) < 4.78 is 19.2. The highest BCUT2D eigenvalue weighted by molar-refractivity contribution is 6.64.